The SMILES string of the molecule is COc1ccc(C=C2SC(=O)N(CC(=O)N3CCOCC3)C2=O)cc1Br. The van der Waals surface area contributed by atoms with Gasteiger partial charge >= 0.3 is 0 Å². The van der Waals surface area contributed by atoms with Crippen LogP contribution in [0.1, 0.15) is 5.56 Å². The van der Waals surface area contributed by atoms with Gasteiger partial charge in [-0.25, -0.2) is 0 Å². The molecular formula is C17H17BrN2O5S. The van der Waals surface area contributed by atoms with Crippen LogP contribution in [0, 0.1) is 0 Å². The Bertz CT molecular complexity index is 776. The third-order valence-corrected chi connectivity index (χ3v) is 5.53. The molecule has 7 nitrogen and oxygen atoms in total. The molecule has 2 fully saturated rings. The van der Waals surface area contributed by atoms with Crippen LogP contribution < -0.4 is 4.74 Å². The summed E-state index contributed by atoms with van der Waals surface area (Å²) in [6.07, 6.45) is 1.63. The number of ether oxygens (including phenoxy) is 2. The molecule has 0 radical (unpaired) electrons. The molecule has 2 aliphatic rings. The number of benzene rings is 1. The first-order valence-corrected chi connectivity index (χ1v) is 9.55. The molecule has 2 saturated heterocycles. The van der Waals surface area contributed by atoms with E-state index in [4.69, 9.17) is 9.47 Å². The number of hydrogen-bond acceptors (Lipinski definition) is 6. The smallest absolute Gasteiger partial charge is 0.294 e. The van der Waals surface area contributed by atoms with Gasteiger partial charge in [0.25, 0.3) is 11.1 Å². The van der Waals surface area contributed by atoms with Gasteiger partial charge in [-0.3, -0.25) is 19.3 Å². The van der Waals surface area contributed by atoms with Crippen LogP contribution in [0.15, 0.2) is 27.6 Å². The maximum atomic E-state index is 12.5. The Hall–Kier alpha value is -1.84. The summed E-state index contributed by atoms with van der Waals surface area (Å²) >= 11 is 4.23. The Balaban J connectivity index is 1.71. The average molecular weight is 441 g/mol. The van der Waals surface area contributed by atoms with Crippen LogP contribution in [-0.2, 0) is 14.3 Å². The van der Waals surface area contributed by atoms with Crippen molar-refractivity contribution in [1.82, 2.24) is 9.80 Å². The Morgan fingerprint density at radius 3 is 2.73 bits per heavy atom. The van der Waals surface area contributed by atoms with Crippen LogP contribution in [0.25, 0.3) is 6.08 Å². The summed E-state index contributed by atoms with van der Waals surface area (Å²) in [4.78, 5) is 39.9. The number of morpholine rings is 1. The third-order valence-electron chi connectivity index (χ3n) is 4.00. The molecular weight excluding hydrogens is 424 g/mol. The monoisotopic (exact) mass is 440 g/mol. The van der Waals surface area contributed by atoms with Gasteiger partial charge in [0.05, 0.1) is 29.7 Å². The summed E-state index contributed by atoms with van der Waals surface area (Å²) in [7, 11) is 1.57. The summed E-state index contributed by atoms with van der Waals surface area (Å²) in [5.74, 6) is -0.0241. The first-order chi connectivity index (χ1) is 12.5. The molecule has 2 heterocycles. The second kappa shape index (κ2) is 8.24. The van der Waals surface area contributed by atoms with Gasteiger partial charge in [-0.1, -0.05) is 6.07 Å². The topological polar surface area (TPSA) is 76.2 Å². The van der Waals surface area contributed by atoms with Gasteiger partial charge in [0.1, 0.15) is 12.3 Å². The van der Waals surface area contributed by atoms with Crippen molar-refractivity contribution in [3.63, 3.8) is 0 Å². The van der Waals surface area contributed by atoms with E-state index in [0.717, 1.165) is 26.7 Å². The minimum atomic E-state index is -0.450. The van der Waals surface area contributed by atoms with E-state index in [9.17, 15) is 14.4 Å². The molecule has 0 unspecified atom stereocenters. The van der Waals surface area contributed by atoms with Crippen molar-refractivity contribution in [2.45, 2.75) is 0 Å². The standard InChI is InChI=1S/C17H17BrN2O5S/c1-24-13-3-2-11(8-12(13)18)9-14-16(22)20(17(23)26-14)10-15(21)19-4-6-25-7-5-19/h2-3,8-9H,4-7,10H2,1H3. The molecule has 0 atom stereocenters. The van der Waals surface area contributed by atoms with E-state index in [1.807, 2.05) is 0 Å². The first-order valence-electron chi connectivity index (χ1n) is 7.94. The predicted octanol–water partition coefficient (Wildman–Crippen LogP) is 2.35. The quantitative estimate of drug-likeness (QED) is 0.668. The van der Waals surface area contributed by atoms with Crippen molar-refractivity contribution < 1.29 is 23.9 Å². The Kier molecular flexibility index (Phi) is 6.00. The van der Waals surface area contributed by atoms with Crippen LogP contribution >= 0.6 is 27.7 Å². The predicted molar refractivity (Wildman–Crippen MR) is 101 cm³/mol. The molecule has 0 saturated carbocycles. The highest BCUT2D eigenvalue weighted by molar-refractivity contribution is 9.10. The number of thioether (sulfide) groups is 1. The van der Waals surface area contributed by atoms with Gasteiger partial charge in [-0.05, 0) is 51.5 Å². The fourth-order valence-corrected chi connectivity index (χ4v) is 4.00. The Morgan fingerprint density at radius 2 is 2.08 bits per heavy atom. The lowest BCUT2D eigenvalue weighted by Crippen LogP contribution is -2.46. The van der Waals surface area contributed by atoms with Crippen molar-refractivity contribution >= 4 is 50.8 Å². The average Bonchev–Trinajstić information content (AvgIpc) is 2.90. The van der Waals surface area contributed by atoms with Gasteiger partial charge in [0.2, 0.25) is 5.91 Å². The molecule has 3 rings (SSSR count). The lowest BCUT2D eigenvalue weighted by molar-refractivity contribution is -0.139. The molecule has 1 aromatic rings. The van der Waals surface area contributed by atoms with Crippen LogP contribution in [0.2, 0.25) is 0 Å². The summed E-state index contributed by atoms with van der Waals surface area (Å²) in [5.41, 5.74) is 0.752. The van der Waals surface area contributed by atoms with E-state index in [0.29, 0.717) is 37.0 Å². The minimum Gasteiger partial charge on any atom is -0.496 e. The number of imide groups is 1. The highest BCUT2D eigenvalue weighted by atomic mass is 79.9. The Morgan fingerprint density at radius 1 is 1.35 bits per heavy atom. The van der Waals surface area contributed by atoms with Crippen molar-refractivity contribution in [2.75, 3.05) is 40.0 Å². The zero-order valence-electron chi connectivity index (χ0n) is 14.1. The van der Waals surface area contributed by atoms with Crippen LogP contribution in [0.4, 0.5) is 4.79 Å². The van der Waals surface area contributed by atoms with Crippen LogP contribution in [-0.4, -0.2) is 66.8 Å². The van der Waals surface area contributed by atoms with Gasteiger partial charge in [-0.15, -0.1) is 0 Å². The van der Waals surface area contributed by atoms with Crippen LogP contribution in [0.5, 0.6) is 5.75 Å². The lowest BCUT2D eigenvalue weighted by atomic mass is 10.2. The molecule has 3 amide bonds. The molecule has 0 aromatic heterocycles. The van der Waals surface area contributed by atoms with E-state index in [1.165, 1.54) is 0 Å². The van der Waals surface area contributed by atoms with Crippen molar-refractivity contribution in [1.29, 1.82) is 0 Å². The second-order valence-electron chi connectivity index (χ2n) is 5.65. The highest BCUT2D eigenvalue weighted by Gasteiger charge is 2.37. The second-order valence-corrected chi connectivity index (χ2v) is 7.50. The van der Waals surface area contributed by atoms with Crippen molar-refractivity contribution in [3.8, 4) is 5.75 Å². The number of methoxy groups -OCH3 is 1. The molecule has 138 valence electrons. The fourth-order valence-electron chi connectivity index (χ4n) is 2.61. The number of amides is 3. The molecule has 0 N–H and O–H groups in total. The number of halogens is 1. The maximum Gasteiger partial charge on any atom is 0.294 e. The van der Waals surface area contributed by atoms with Gasteiger partial charge in [0.15, 0.2) is 0 Å². The third kappa shape index (κ3) is 4.11. The minimum absolute atomic E-state index is 0.242. The zero-order chi connectivity index (χ0) is 18.7. The fraction of sp³-hybridized carbons (Fsp3) is 0.353. The summed E-state index contributed by atoms with van der Waals surface area (Å²) in [5, 5.41) is -0.435. The van der Waals surface area contributed by atoms with E-state index >= 15 is 0 Å². The number of hydrogen-bond donors (Lipinski definition) is 0. The van der Waals surface area contributed by atoms with Gasteiger partial charge in [-0.2, -0.15) is 0 Å². The molecule has 0 spiro atoms. The maximum absolute atomic E-state index is 12.5. The number of nitrogens with zero attached hydrogens (tertiary/aromatic N) is 2. The van der Waals surface area contributed by atoms with Gasteiger partial charge in [0, 0.05) is 13.1 Å². The van der Waals surface area contributed by atoms with E-state index < -0.39 is 11.1 Å². The summed E-state index contributed by atoms with van der Waals surface area (Å²) < 4.78 is 11.1. The van der Waals surface area contributed by atoms with E-state index in [1.54, 1.807) is 36.3 Å². The normalized spacial score (nSPS) is 19.4. The summed E-state index contributed by atoms with van der Waals surface area (Å²) in [6.45, 7) is 1.66. The molecule has 9 heteroatoms. The first kappa shape index (κ1) is 18.9. The zero-order valence-corrected chi connectivity index (χ0v) is 16.5. The highest BCUT2D eigenvalue weighted by Crippen LogP contribution is 2.33. The van der Waals surface area contributed by atoms with Gasteiger partial charge < -0.3 is 14.4 Å². The largest absolute Gasteiger partial charge is 0.496 e. The molecule has 0 bridgehead atoms. The molecule has 26 heavy (non-hydrogen) atoms. The van der Waals surface area contributed by atoms with Crippen molar-refractivity contribution in [3.05, 3.63) is 33.1 Å². The Labute approximate surface area is 163 Å². The van der Waals surface area contributed by atoms with E-state index in [2.05, 4.69) is 15.9 Å². The lowest BCUT2D eigenvalue weighted by Gasteiger charge is -2.28. The van der Waals surface area contributed by atoms with Crippen molar-refractivity contribution in [2.24, 2.45) is 0 Å². The molecule has 0 aliphatic carbocycles. The number of carbonyl (C=O) groups is 3. The summed E-state index contributed by atoms with van der Waals surface area (Å²) in [6, 6.07) is 5.35. The van der Waals surface area contributed by atoms with E-state index in [-0.39, 0.29) is 12.5 Å². The molecule has 1 aromatic carbocycles. The number of rotatable bonds is 4. The van der Waals surface area contributed by atoms with Crippen LogP contribution in [0.3, 0.4) is 0 Å². The number of carbonyl (C=O) groups excluding carboxylic acids is 3. The molecule has 2 aliphatic heterocycles.